The zero-order valence-corrected chi connectivity index (χ0v) is 19.1. The van der Waals surface area contributed by atoms with E-state index in [-0.39, 0.29) is 17.0 Å². The van der Waals surface area contributed by atoms with E-state index >= 15 is 0 Å². The largest absolute Gasteiger partial charge is 0.330 e. The maximum atomic E-state index is 5.76. The summed E-state index contributed by atoms with van der Waals surface area (Å²) in [6, 6.07) is 10.7. The number of rotatable bonds is 9. The van der Waals surface area contributed by atoms with Gasteiger partial charge in [0.1, 0.15) is 5.82 Å². The number of fused-ring (bicyclic) bond motifs is 1. The standard InChI is InChI=1S/C23H30N6.BrH/c24-11-2-4-15-28(21-10-5-7-19-8-6-13-27-23(19)21)18-22-26-14-16-29(22)17-20-9-1-3-12-25-20;/h1,3,6,8-9,12-14,16,21H,2,4-5,7,10-11,15,17-18,24H2;1H. The third-order valence-corrected chi connectivity index (χ3v) is 5.71. The Balaban J connectivity index is 0.00000256. The molecule has 3 aromatic heterocycles. The molecule has 0 saturated heterocycles. The van der Waals surface area contributed by atoms with E-state index in [2.05, 4.69) is 43.8 Å². The Bertz CT molecular complexity index is 897. The van der Waals surface area contributed by atoms with Crippen molar-refractivity contribution in [2.45, 2.75) is 51.2 Å². The predicted molar refractivity (Wildman–Crippen MR) is 125 cm³/mol. The number of hydrogen-bond acceptors (Lipinski definition) is 5. The summed E-state index contributed by atoms with van der Waals surface area (Å²) in [7, 11) is 0. The summed E-state index contributed by atoms with van der Waals surface area (Å²) in [5.41, 5.74) is 9.45. The van der Waals surface area contributed by atoms with Gasteiger partial charge in [-0.15, -0.1) is 17.0 Å². The maximum absolute atomic E-state index is 5.76. The van der Waals surface area contributed by atoms with Gasteiger partial charge >= 0.3 is 0 Å². The van der Waals surface area contributed by atoms with E-state index in [0.29, 0.717) is 6.04 Å². The first kappa shape index (κ1) is 22.6. The van der Waals surface area contributed by atoms with Crippen LogP contribution in [0, 0.1) is 0 Å². The van der Waals surface area contributed by atoms with E-state index in [1.54, 1.807) is 0 Å². The van der Waals surface area contributed by atoms with Gasteiger partial charge in [0.25, 0.3) is 0 Å². The molecule has 0 aromatic carbocycles. The van der Waals surface area contributed by atoms with Gasteiger partial charge in [0, 0.05) is 24.8 Å². The number of nitrogens with two attached hydrogens (primary N) is 1. The lowest BCUT2D eigenvalue weighted by atomic mass is 9.90. The summed E-state index contributed by atoms with van der Waals surface area (Å²) < 4.78 is 2.21. The van der Waals surface area contributed by atoms with Crippen LogP contribution in [0.4, 0.5) is 0 Å². The van der Waals surface area contributed by atoms with Crippen molar-refractivity contribution < 1.29 is 0 Å². The Morgan fingerprint density at radius 1 is 1.03 bits per heavy atom. The van der Waals surface area contributed by atoms with Gasteiger partial charge in [-0.3, -0.25) is 14.9 Å². The van der Waals surface area contributed by atoms with Crippen molar-refractivity contribution in [3.8, 4) is 0 Å². The topological polar surface area (TPSA) is 72.9 Å². The number of aryl methyl sites for hydroxylation is 1. The average Bonchev–Trinajstić information content (AvgIpc) is 3.20. The molecule has 3 aromatic rings. The molecular weight excluding hydrogens is 440 g/mol. The van der Waals surface area contributed by atoms with Crippen molar-refractivity contribution in [2.75, 3.05) is 13.1 Å². The Morgan fingerprint density at radius 2 is 1.93 bits per heavy atom. The van der Waals surface area contributed by atoms with Crippen LogP contribution < -0.4 is 5.73 Å². The molecule has 0 radical (unpaired) electrons. The molecule has 0 amide bonds. The van der Waals surface area contributed by atoms with Crippen molar-refractivity contribution in [1.29, 1.82) is 0 Å². The van der Waals surface area contributed by atoms with Crippen LogP contribution in [0.3, 0.4) is 0 Å². The van der Waals surface area contributed by atoms with E-state index in [4.69, 9.17) is 10.7 Å². The van der Waals surface area contributed by atoms with Gasteiger partial charge < -0.3 is 10.3 Å². The molecule has 0 fully saturated rings. The Morgan fingerprint density at radius 3 is 2.77 bits per heavy atom. The quantitative estimate of drug-likeness (QED) is 0.479. The summed E-state index contributed by atoms with van der Waals surface area (Å²) in [6.45, 7) is 3.30. The molecule has 0 bridgehead atoms. The van der Waals surface area contributed by atoms with Gasteiger partial charge in [-0.2, -0.15) is 0 Å². The third kappa shape index (κ3) is 5.53. The Kier molecular flexibility index (Phi) is 8.54. The highest BCUT2D eigenvalue weighted by Gasteiger charge is 2.27. The zero-order chi connectivity index (χ0) is 19.9. The molecule has 1 atom stereocenters. The molecule has 1 aliphatic carbocycles. The number of aromatic nitrogens is 4. The Hall–Kier alpha value is -2.09. The highest BCUT2D eigenvalue weighted by molar-refractivity contribution is 8.93. The minimum Gasteiger partial charge on any atom is -0.330 e. The summed E-state index contributed by atoms with van der Waals surface area (Å²) in [6.07, 6.45) is 13.3. The minimum absolute atomic E-state index is 0. The second-order valence-corrected chi connectivity index (χ2v) is 7.71. The van der Waals surface area contributed by atoms with Gasteiger partial charge in [0.15, 0.2) is 0 Å². The van der Waals surface area contributed by atoms with Gasteiger partial charge in [0.05, 0.1) is 30.5 Å². The zero-order valence-electron chi connectivity index (χ0n) is 17.4. The van der Waals surface area contributed by atoms with Crippen molar-refractivity contribution >= 4 is 17.0 Å². The second kappa shape index (κ2) is 11.3. The van der Waals surface area contributed by atoms with Gasteiger partial charge in [0.2, 0.25) is 0 Å². The number of hydrogen-bond donors (Lipinski definition) is 1. The fourth-order valence-electron chi connectivity index (χ4n) is 4.23. The molecule has 4 rings (SSSR count). The molecule has 0 saturated carbocycles. The first-order valence-corrected chi connectivity index (χ1v) is 10.6. The molecule has 1 unspecified atom stereocenters. The number of nitrogens with zero attached hydrogens (tertiary/aromatic N) is 5. The van der Waals surface area contributed by atoms with Crippen LogP contribution in [0.5, 0.6) is 0 Å². The molecule has 1 aliphatic rings. The van der Waals surface area contributed by atoms with Crippen LogP contribution in [0.1, 0.15) is 54.5 Å². The van der Waals surface area contributed by atoms with Crippen molar-refractivity contribution in [1.82, 2.24) is 24.4 Å². The SMILES string of the molecule is Br.NCCCCN(Cc1nccn1Cc1ccccn1)C1CCCc2cccnc21. The number of halogens is 1. The molecule has 6 nitrogen and oxygen atoms in total. The Labute approximate surface area is 189 Å². The van der Waals surface area contributed by atoms with Crippen LogP contribution in [0.25, 0.3) is 0 Å². The van der Waals surface area contributed by atoms with Crippen LogP contribution in [0.2, 0.25) is 0 Å². The molecular formula is C23H31BrN6. The van der Waals surface area contributed by atoms with Crippen LogP contribution in [-0.4, -0.2) is 37.5 Å². The maximum Gasteiger partial charge on any atom is 0.123 e. The summed E-state index contributed by atoms with van der Waals surface area (Å²) in [5.74, 6) is 1.08. The molecule has 160 valence electrons. The van der Waals surface area contributed by atoms with Crippen molar-refractivity contribution in [3.63, 3.8) is 0 Å². The molecule has 0 spiro atoms. The molecule has 7 heteroatoms. The van der Waals surface area contributed by atoms with E-state index in [1.165, 1.54) is 17.7 Å². The van der Waals surface area contributed by atoms with E-state index < -0.39 is 0 Å². The minimum atomic E-state index is 0. The molecule has 3 heterocycles. The lowest BCUT2D eigenvalue weighted by Gasteiger charge is -2.35. The molecule has 30 heavy (non-hydrogen) atoms. The predicted octanol–water partition coefficient (Wildman–Crippen LogP) is 3.92. The smallest absolute Gasteiger partial charge is 0.123 e. The summed E-state index contributed by atoms with van der Waals surface area (Å²) in [5, 5.41) is 0. The lowest BCUT2D eigenvalue weighted by Crippen LogP contribution is -2.33. The number of pyridine rings is 2. The highest BCUT2D eigenvalue weighted by Crippen LogP contribution is 2.33. The first-order valence-electron chi connectivity index (χ1n) is 10.6. The van der Waals surface area contributed by atoms with Crippen LogP contribution >= 0.6 is 17.0 Å². The molecule has 0 aliphatic heterocycles. The lowest BCUT2D eigenvalue weighted by molar-refractivity contribution is 0.157. The second-order valence-electron chi connectivity index (χ2n) is 7.71. The summed E-state index contributed by atoms with van der Waals surface area (Å²) in [4.78, 5) is 16.5. The summed E-state index contributed by atoms with van der Waals surface area (Å²) >= 11 is 0. The monoisotopic (exact) mass is 470 g/mol. The van der Waals surface area contributed by atoms with E-state index in [9.17, 15) is 0 Å². The number of imidazole rings is 1. The third-order valence-electron chi connectivity index (χ3n) is 5.71. The van der Waals surface area contributed by atoms with Gasteiger partial charge in [-0.1, -0.05) is 12.1 Å². The fourth-order valence-corrected chi connectivity index (χ4v) is 4.23. The molecule has 2 N–H and O–H groups in total. The first-order chi connectivity index (χ1) is 14.3. The van der Waals surface area contributed by atoms with E-state index in [1.807, 2.05) is 30.7 Å². The van der Waals surface area contributed by atoms with Gasteiger partial charge in [-0.05, 0) is 69.0 Å². The van der Waals surface area contributed by atoms with Crippen LogP contribution in [-0.2, 0) is 19.5 Å². The fraction of sp³-hybridized carbons (Fsp3) is 0.435. The highest BCUT2D eigenvalue weighted by atomic mass is 79.9. The number of unbranched alkanes of at least 4 members (excludes halogenated alkanes) is 1. The van der Waals surface area contributed by atoms with Gasteiger partial charge in [-0.25, -0.2) is 4.98 Å². The van der Waals surface area contributed by atoms with Crippen molar-refractivity contribution in [3.05, 3.63) is 77.9 Å². The van der Waals surface area contributed by atoms with E-state index in [0.717, 1.165) is 63.4 Å². The van der Waals surface area contributed by atoms with Crippen molar-refractivity contribution in [2.24, 2.45) is 5.73 Å². The normalized spacial score (nSPS) is 15.6. The van der Waals surface area contributed by atoms with Crippen LogP contribution in [0.15, 0.2) is 55.1 Å². The average molecular weight is 471 g/mol.